The first kappa shape index (κ1) is 10.0. The molecule has 0 saturated carbocycles. The largest absolute Gasteiger partial charge is 0.504 e. The Labute approximate surface area is 67.0 Å². The Balaban J connectivity index is 4.34. The van der Waals surface area contributed by atoms with Crippen LogP contribution in [0.3, 0.4) is 0 Å². The first-order valence-corrected chi connectivity index (χ1v) is 3.44. The van der Waals surface area contributed by atoms with Gasteiger partial charge < -0.3 is 9.47 Å². The highest BCUT2D eigenvalue weighted by Gasteiger charge is 2.13. The third kappa shape index (κ3) is 3.07. The average molecular weight is 158 g/mol. The molecule has 0 fully saturated rings. The van der Waals surface area contributed by atoms with E-state index in [9.17, 15) is 4.79 Å². The maximum absolute atomic E-state index is 11.0. The summed E-state index contributed by atoms with van der Waals surface area (Å²) in [7, 11) is 2.86. The molecule has 3 nitrogen and oxygen atoms in total. The summed E-state index contributed by atoms with van der Waals surface area (Å²) >= 11 is 0. The van der Waals surface area contributed by atoms with Gasteiger partial charge in [0.15, 0.2) is 0 Å². The van der Waals surface area contributed by atoms with Gasteiger partial charge in [-0.05, 0) is 5.92 Å². The molecule has 0 saturated heterocycles. The average Bonchev–Trinajstić information content (AvgIpc) is 1.98. The van der Waals surface area contributed by atoms with Crippen molar-refractivity contribution < 1.29 is 14.3 Å². The van der Waals surface area contributed by atoms with Gasteiger partial charge in [0, 0.05) is 0 Å². The second kappa shape index (κ2) is 4.77. The van der Waals surface area contributed by atoms with E-state index in [1.54, 1.807) is 0 Å². The topological polar surface area (TPSA) is 35.5 Å². The Morgan fingerprint density at radius 3 is 2.18 bits per heavy atom. The zero-order valence-electron chi connectivity index (χ0n) is 7.38. The van der Waals surface area contributed by atoms with E-state index < -0.39 is 0 Å². The van der Waals surface area contributed by atoms with E-state index in [2.05, 4.69) is 4.74 Å². The van der Waals surface area contributed by atoms with Crippen LogP contribution in [0.25, 0.3) is 0 Å². The van der Waals surface area contributed by atoms with E-state index >= 15 is 0 Å². The Hall–Kier alpha value is -0.990. The molecule has 11 heavy (non-hydrogen) atoms. The van der Waals surface area contributed by atoms with Gasteiger partial charge in [-0.1, -0.05) is 13.8 Å². The van der Waals surface area contributed by atoms with Crippen molar-refractivity contribution in [1.82, 2.24) is 0 Å². The molecule has 0 bridgehead atoms. The van der Waals surface area contributed by atoms with Crippen molar-refractivity contribution in [3.63, 3.8) is 0 Å². The molecule has 3 heteroatoms. The summed E-state index contributed by atoms with van der Waals surface area (Å²) in [5.41, 5.74) is 0.551. The Morgan fingerprint density at radius 1 is 1.36 bits per heavy atom. The predicted molar refractivity (Wildman–Crippen MR) is 41.9 cm³/mol. The van der Waals surface area contributed by atoms with Crippen LogP contribution < -0.4 is 0 Å². The Bertz CT molecular complexity index is 159. The number of hydrogen-bond acceptors (Lipinski definition) is 3. The van der Waals surface area contributed by atoms with Gasteiger partial charge in [-0.15, -0.1) is 0 Å². The number of methoxy groups -OCH3 is 2. The number of carbonyl (C=O) groups excluding carboxylic acids is 1. The van der Waals surface area contributed by atoms with Gasteiger partial charge in [0.25, 0.3) is 0 Å². The minimum Gasteiger partial charge on any atom is -0.504 e. The van der Waals surface area contributed by atoms with E-state index in [4.69, 9.17) is 4.74 Å². The third-order valence-corrected chi connectivity index (χ3v) is 1.29. The first-order valence-electron chi connectivity index (χ1n) is 3.44. The second-order valence-electron chi connectivity index (χ2n) is 2.46. The molecule has 0 aromatic heterocycles. The summed E-state index contributed by atoms with van der Waals surface area (Å²) < 4.78 is 9.26. The molecule has 0 N–H and O–H groups in total. The molecule has 0 unspecified atom stereocenters. The van der Waals surface area contributed by atoms with Gasteiger partial charge in [-0.2, -0.15) is 0 Å². The Kier molecular flexibility index (Phi) is 4.34. The summed E-state index contributed by atoms with van der Waals surface area (Å²) in [5.74, 6) is -0.204. The highest BCUT2D eigenvalue weighted by Crippen LogP contribution is 2.10. The monoisotopic (exact) mass is 158 g/mol. The van der Waals surface area contributed by atoms with Crippen molar-refractivity contribution in [1.29, 1.82) is 0 Å². The number of ether oxygens (including phenoxy) is 2. The minimum absolute atomic E-state index is 0.127. The van der Waals surface area contributed by atoms with Gasteiger partial charge in [0.2, 0.25) is 0 Å². The van der Waals surface area contributed by atoms with Crippen LogP contribution in [-0.2, 0) is 14.3 Å². The molecule has 0 spiro atoms. The fraction of sp³-hybridized carbons (Fsp3) is 0.625. The molecule has 64 valence electrons. The standard InChI is InChI=1S/C8H14O3/c1-6(2)7(5-10-3)8(9)11-4/h5-6H,1-4H3. The van der Waals surface area contributed by atoms with Crippen LogP contribution in [0.4, 0.5) is 0 Å². The molecule has 0 rings (SSSR count). The van der Waals surface area contributed by atoms with E-state index in [0.29, 0.717) is 5.57 Å². The predicted octanol–water partition coefficient (Wildman–Crippen LogP) is 1.35. The molecule has 0 aliphatic rings. The number of esters is 1. The van der Waals surface area contributed by atoms with Gasteiger partial charge in [-0.3, -0.25) is 0 Å². The summed E-state index contributed by atoms with van der Waals surface area (Å²) in [6.07, 6.45) is 1.41. The summed E-state index contributed by atoms with van der Waals surface area (Å²) in [6.45, 7) is 3.81. The van der Waals surface area contributed by atoms with Gasteiger partial charge in [-0.25, -0.2) is 4.79 Å². The zero-order chi connectivity index (χ0) is 8.85. The number of hydrogen-bond donors (Lipinski definition) is 0. The lowest BCUT2D eigenvalue weighted by molar-refractivity contribution is -0.136. The van der Waals surface area contributed by atoms with Gasteiger partial charge in [0.05, 0.1) is 26.1 Å². The Morgan fingerprint density at radius 2 is 1.91 bits per heavy atom. The molecular weight excluding hydrogens is 144 g/mol. The number of carbonyl (C=O) groups is 1. The van der Waals surface area contributed by atoms with Crippen LogP contribution in [0.1, 0.15) is 13.8 Å². The molecule has 0 atom stereocenters. The normalized spacial score (nSPS) is 11.5. The van der Waals surface area contributed by atoms with Crippen molar-refractivity contribution >= 4 is 5.97 Å². The van der Waals surface area contributed by atoms with Gasteiger partial charge in [0.1, 0.15) is 0 Å². The summed E-state index contributed by atoms with van der Waals surface area (Å²) in [4.78, 5) is 11.0. The molecule has 0 aliphatic carbocycles. The van der Waals surface area contributed by atoms with E-state index in [-0.39, 0.29) is 11.9 Å². The summed E-state index contributed by atoms with van der Waals surface area (Å²) in [6, 6.07) is 0. The summed E-state index contributed by atoms with van der Waals surface area (Å²) in [5, 5.41) is 0. The maximum atomic E-state index is 11.0. The maximum Gasteiger partial charge on any atom is 0.337 e. The van der Waals surface area contributed by atoms with Crippen molar-refractivity contribution in [3.05, 3.63) is 11.8 Å². The molecule has 0 aromatic carbocycles. The highest BCUT2D eigenvalue weighted by molar-refractivity contribution is 5.88. The van der Waals surface area contributed by atoms with Crippen LogP contribution in [0.5, 0.6) is 0 Å². The molecule has 0 radical (unpaired) electrons. The molecule has 0 aliphatic heterocycles. The SMILES string of the molecule is COC=C(C(=O)OC)C(C)C. The fourth-order valence-electron chi connectivity index (χ4n) is 0.665. The van der Waals surface area contributed by atoms with Crippen molar-refractivity contribution in [3.8, 4) is 0 Å². The van der Waals surface area contributed by atoms with Crippen molar-refractivity contribution in [2.45, 2.75) is 13.8 Å². The van der Waals surface area contributed by atoms with Crippen LogP contribution in [0, 0.1) is 5.92 Å². The molecule has 0 aromatic rings. The first-order chi connectivity index (χ1) is 5.13. The quantitative estimate of drug-likeness (QED) is 0.353. The highest BCUT2D eigenvalue weighted by atomic mass is 16.5. The van der Waals surface area contributed by atoms with Crippen LogP contribution >= 0.6 is 0 Å². The number of rotatable bonds is 3. The molecule has 0 amide bonds. The molecular formula is C8H14O3. The second-order valence-corrected chi connectivity index (χ2v) is 2.46. The fourth-order valence-corrected chi connectivity index (χ4v) is 0.665. The third-order valence-electron chi connectivity index (χ3n) is 1.29. The zero-order valence-corrected chi connectivity index (χ0v) is 7.38. The van der Waals surface area contributed by atoms with Crippen LogP contribution in [-0.4, -0.2) is 20.2 Å². The van der Waals surface area contributed by atoms with Gasteiger partial charge >= 0.3 is 5.97 Å². The lowest BCUT2D eigenvalue weighted by Gasteiger charge is -2.07. The van der Waals surface area contributed by atoms with Crippen LogP contribution in [0.2, 0.25) is 0 Å². The van der Waals surface area contributed by atoms with E-state index in [1.165, 1.54) is 20.5 Å². The lowest BCUT2D eigenvalue weighted by Crippen LogP contribution is -2.10. The smallest absolute Gasteiger partial charge is 0.337 e. The minimum atomic E-state index is -0.332. The van der Waals surface area contributed by atoms with Crippen molar-refractivity contribution in [2.75, 3.05) is 14.2 Å². The molecule has 0 heterocycles. The van der Waals surface area contributed by atoms with E-state index in [0.717, 1.165) is 0 Å². The van der Waals surface area contributed by atoms with Crippen molar-refractivity contribution in [2.24, 2.45) is 5.92 Å². The van der Waals surface area contributed by atoms with E-state index in [1.807, 2.05) is 13.8 Å². The lowest BCUT2D eigenvalue weighted by atomic mass is 10.1. The van der Waals surface area contributed by atoms with Crippen LogP contribution in [0.15, 0.2) is 11.8 Å².